The Kier molecular flexibility index (Phi) is 8.17. The van der Waals surface area contributed by atoms with Crippen LogP contribution in [0.5, 0.6) is 5.75 Å². The van der Waals surface area contributed by atoms with E-state index in [9.17, 15) is 14.4 Å². The second-order valence-electron chi connectivity index (χ2n) is 3.68. The Bertz CT molecular complexity index is 436. The van der Waals surface area contributed by atoms with Crippen LogP contribution in [0.4, 0.5) is 0 Å². The van der Waals surface area contributed by atoms with Crippen molar-refractivity contribution in [3.05, 3.63) is 29.8 Å². The Morgan fingerprint density at radius 1 is 1.00 bits per heavy atom. The molecule has 0 heterocycles. The number of methoxy groups -OCH3 is 1. The topological polar surface area (TPSA) is 121 Å². The first kappa shape index (κ1) is 17.4. The number of hydrogen-bond donors (Lipinski definition) is 3. The van der Waals surface area contributed by atoms with Crippen LogP contribution in [0, 0.1) is 0 Å². The van der Waals surface area contributed by atoms with Crippen LogP contribution in [0.25, 0.3) is 0 Å². The highest BCUT2D eigenvalue weighted by Crippen LogP contribution is 2.09. The van der Waals surface area contributed by atoms with Crippen molar-refractivity contribution in [1.82, 2.24) is 0 Å². The van der Waals surface area contributed by atoms with E-state index in [1.54, 1.807) is 0 Å². The molecule has 7 heteroatoms. The van der Waals surface area contributed by atoms with E-state index >= 15 is 0 Å². The van der Waals surface area contributed by atoms with Crippen LogP contribution in [0.2, 0.25) is 0 Å². The van der Waals surface area contributed by atoms with Gasteiger partial charge in [0.25, 0.3) is 0 Å². The monoisotopic (exact) mass is 284 g/mol. The van der Waals surface area contributed by atoms with Gasteiger partial charge in [-0.1, -0.05) is 0 Å². The molecule has 0 aliphatic heterocycles. The van der Waals surface area contributed by atoms with E-state index in [0.717, 1.165) is 0 Å². The molecule has 3 N–H and O–H groups in total. The predicted octanol–water partition coefficient (Wildman–Crippen LogP) is 1.50. The largest absolute Gasteiger partial charge is 0.508 e. The van der Waals surface area contributed by atoms with Crippen molar-refractivity contribution in [1.29, 1.82) is 0 Å². The standard InChI is InChI=1S/C8H8O3.C5H8O4/c1-11-8(10)6-2-4-7(9)5-3-6;6-4(7)2-1-3-5(8)9/h2-5,9H,1H3;1-3H2,(H,6,7)(H,8,9). The van der Waals surface area contributed by atoms with Crippen molar-refractivity contribution < 1.29 is 34.4 Å². The zero-order valence-electron chi connectivity index (χ0n) is 10.9. The summed E-state index contributed by atoms with van der Waals surface area (Å²) >= 11 is 0. The summed E-state index contributed by atoms with van der Waals surface area (Å²) < 4.78 is 4.46. The number of ether oxygens (including phenoxy) is 1. The maximum Gasteiger partial charge on any atom is 0.337 e. The minimum absolute atomic E-state index is 0.0632. The highest BCUT2D eigenvalue weighted by molar-refractivity contribution is 5.89. The van der Waals surface area contributed by atoms with Gasteiger partial charge < -0.3 is 20.1 Å². The number of phenolic OH excluding ortho intramolecular Hbond substituents is 1. The fraction of sp³-hybridized carbons (Fsp3) is 0.308. The Hall–Kier alpha value is -2.57. The number of aliphatic carboxylic acids is 2. The van der Waals surface area contributed by atoms with Crippen molar-refractivity contribution in [3.63, 3.8) is 0 Å². The molecular formula is C13H16O7. The lowest BCUT2D eigenvalue weighted by atomic mass is 10.2. The SMILES string of the molecule is COC(=O)c1ccc(O)cc1.O=C(O)CCCC(=O)O. The highest BCUT2D eigenvalue weighted by Gasteiger charge is 2.02. The molecular weight excluding hydrogens is 268 g/mol. The van der Waals surface area contributed by atoms with E-state index in [4.69, 9.17) is 15.3 Å². The Morgan fingerprint density at radius 3 is 1.80 bits per heavy atom. The zero-order chi connectivity index (χ0) is 15.5. The predicted molar refractivity (Wildman–Crippen MR) is 68.6 cm³/mol. The van der Waals surface area contributed by atoms with Gasteiger partial charge in [0.2, 0.25) is 0 Å². The second kappa shape index (κ2) is 9.37. The molecule has 110 valence electrons. The molecule has 20 heavy (non-hydrogen) atoms. The molecule has 0 unspecified atom stereocenters. The number of benzene rings is 1. The molecule has 0 aliphatic rings. The summed E-state index contributed by atoms with van der Waals surface area (Å²) in [7, 11) is 1.31. The molecule has 0 radical (unpaired) electrons. The number of carboxylic acids is 2. The third-order valence-electron chi connectivity index (χ3n) is 2.07. The zero-order valence-corrected chi connectivity index (χ0v) is 10.9. The van der Waals surface area contributed by atoms with Gasteiger partial charge in [0, 0.05) is 12.8 Å². The molecule has 7 nitrogen and oxygen atoms in total. The van der Waals surface area contributed by atoms with Crippen molar-refractivity contribution in [2.75, 3.05) is 7.11 Å². The van der Waals surface area contributed by atoms with Gasteiger partial charge in [0.15, 0.2) is 0 Å². The summed E-state index contributed by atoms with van der Waals surface area (Å²) in [5.41, 5.74) is 0.435. The van der Waals surface area contributed by atoms with E-state index in [0.29, 0.717) is 5.56 Å². The molecule has 0 saturated heterocycles. The van der Waals surface area contributed by atoms with Gasteiger partial charge in [-0.3, -0.25) is 9.59 Å². The van der Waals surface area contributed by atoms with Crippen LogP contribution < -0.4 is 0 Å². The van der Waals surface area contributed by atoms with E-state index < -0.39 is 17.9 Å². The van der Waals surface area contributed by atoms with E-state index in [1.807, 2.05) is 0 Å². The molecule has 0 fully saturated rings. The van der Waals surface area contributed by atoms with Crippen LogP contribution >= 0.6 is 0 Å². The van der Waals surface area contributed by atoms with Crippen molar-refractivity contribution in [3.8, 4) is 5.75 Å². The summed E-state index contributed by atoms with van der Waals surface area (Å²) in [6.07, 6.45) is 0.0866. The Labute approximate surface area is 115 Å². The number of rotatable bonds is 5. The number of esters is 1. The molecule has 0 saturated carbocycles. The second-order valence-corrected chi connectivity index (χ2v) is 3.68. The lowest BCUT2D eigenvalue weighted by Gasteiger charge is -1.97. The van der Waals surface area contributed by atoms with Gasteiger partial charge in [-0.2, -0.15) is 0 Å². The molecule has 0 spiro atoms. The lowest BCUT2D eigenvalue weighted by molar-refractivity contribution is -0.138. The summed E-state index contributed by atoms with van der Waals surface area (Å²) in [4.78, 5) is 30.4. The summed E-state index contributed by atoms with van der Waals surface area (Å²) in [6, 6.07) is 5.88. The molecule has 0 aromatic heterocycles. The normalized spacial score (nSPS) is 9.05. The van der Waals surface area contributed by atoms with E-state index in [2.05, 4.69) is 4.74 Å². The van der Waals surface area contributed by atoms with E-state index in [1.165, 1.54) is 31.4 Å². The minimum atomic E-state index is -0.948. The average Bonchev–Trinajstić information content (AvgIpc) is 2.38. The van der Waals surface area contributed by atoms with Crippen LogP contribution in [-0.2, 0) is 14.3 Å². The van der Waals surface area contributed by atoms with Gasteiger partial charge >= 0.3 is 17.9 Å². The number of carbonyl (C=O) groups is 3. The summed E-state index contributed by atoms with van der Waals surface area (Å²) in [5.74, 6) is -2.16. The number of aromatic hydroxyl groups is 1. The Balaban J connectivity index is 0.000000370. The molecule has 1 aromatic carbocycles. The van der Waals surface area contributed by atoms with Crippen molar-refractivity contribution >= 4 is 17.9 Å². The minimum Gasteiger partial charge on any atom is -0.508 e. The number of phenols is 1. The van der Waals surface area contributed by atoms with Gasteiger partial charge in [-0.25, -0.2) is 4.79 Å². The van der Waals surface area contributed by atoms with Crippen LogP contribution in [-0.4, -0.2) is 40.3 Å². The Morgan fingerprint density at radius 2 is 1.45 bits per heavy atom. The maximum absolute atomic E-state index is 10.8. The van der Waals surface area contributed by atoms with Crippen LogP contribution in [0.3, 0.4) is 0 Å². The third kappa shape index (κ3) is 8.51. The van der Waals surface area contributed by atoms with Gasteiger partial charge in [0.1, 0.15) is 5.75 Å². The molecule has 0 atom stereocenters. The molecule has 0 amide bonds. The van der Waals surface area contributed by atoms with Crippen LogP contribution in [0.1, 0.15) is 29.6 Å². The highest BCUT2D eigenvalue weighted by atomic mass is 16.5. The van der Waals surface area contributed by atoms with Crippen molar-refractivity contribution in [2.45, 2.75) is 19.3 Å². The third-order valence-corrected chi connectivity index (χ3v) is 2.07. The fourth-order valence-electron chi connectivity index (χ4n) is 1.11. The molecule has 1 aromatic rings. The van der Waals surface area contributed by atoms with Crippen LogP contribution in [0.15, 0.2) is 24.3 Å². The van der Waals surface area contributed by atoms with Gasteiger partial charge in [0.05, 0.1) is 12.7 Å². The fourth-order valence-corrected chi connectivity index (χ4v) is 1.11. The number of carbonyl (C=O) groups excluding carboxylic acids is 1. The average molecular weight is 284 g/mol. The summed E-state index contributed by atoms with van der Waals surface area (Å²) in [6.45, 7) is 0. The first-order valence-corrected chi connectivity index (χ1v) is 5.67. The number of hydrogen-bond acceptors (Lipinski definition) is 5. The quantitative estimate of drug-likeness (QED) is 0.700. The maximum atomic E-state index is 10.8. The first-order chi connectivity index (χ1) is 9.36. The smallest absolute Gasteiger partial charge is 0.337 e. The molecule has 1 rings (SSSR count). The van der Waals surface area contributed by atoms with E-state index in [-0.39, 0.29) is 25.0 Å². The van der Waals surface area contributed by atoms with Gasteiger partial charge in [-0.05, 0) is 30.7 Å². The number of carboxylic acid groups (broad SMARTS) is 2. The van der Waals surface area contributed by atoms with Crippen molar-refractivity contribution in [2.24, 2.45) is 0 Å². The molecule has 0 aliphatic carbocycles. The summed E-state index contributed by atoms with van der Waals surface area (Å²) in [5, 5.41) is 24.9. The lowest BCUT2D eigenvalue weighted by Crippen LogP contribution is -1.99. The van der Waals surface area contributed by atoms with Gasteiger partial charge in [-0.15, -0.1) is 0 Å². The molecule has 0 bridgehead atoms. The first-order valence-electron chi connectivity index (χ1n) is 5.67.